The van der Waals surface area contributed by atoms with Gasteiger partial charge in [0.25, 0.3) is 0 Å². The van der Waals surface area contributed by atoms with Crippen molar-refractivity contribution in [2.75, 3.05) is 0 Å². The lowest BCUT2D eigenvalue weighted by molar-refractivity contribution is 0.634. The molecule has 0 bridgehead atoms. The number of benzene rings is 4. The molecular formula is C29H18FN3O. The average Bonchev–Trinajstić information content (AvgIpc) is 3.45. The van der Waals surface area contributed by atoms with Crippen LogP contribution in [0.5, 0.6) is 0 Å². The van der Waals surface area contributed by atoms with Crippen molar-refractivity contribution in [3.8, 4) is 17.1 Å². The number of nitrogens with zero attached hydrogens (tertiary/aromatic N) is 3. The Kier molecular flexibility index (Phi) is 3.91. The van der Waals surface area contributed by atoms with E-state index in [1.165, 1.54) is 6.07 Å². The molecule has 0 radical (unpaired) electrons. The summed E-state index contributed by atoms with van der Waals surface area (Å²) in [5.41, 5.74) is 5.26. The molecule has 34 heavy (non-hydrogen) atoms. The van der Waals surface area contributed by atoms with Gasteiger partial charge in [-0.15, -0.1) is 0 Å². The lowest BCUT2D eigenvalue weighted by atomic mass is 10.1. The van der Waals surface area contributed by atoms with Gasteiger partial charge in [-0.2, -0.15) is 0 Å². The maximum Gasteiger partial charge on any atom is 0.179 e. The number of aryl methyl sites for hydroxylation is 1. The molecule has 7 rings (SSSR count). The second kappa shape index (κ2) is 6.99. The van der Waals surface area contributed by atoms with Crippen molar-refractivity contribution in [3.63, 3.8) is 0 Å². The Labute approximate surface area is 193 Å². The molecular weight excluding hydrogens is 425 g/mol. The SMILES string of the molecule is Cc1nc2nc(-c3ccc(F)c4c3oc3ccccc34)n(-c3ccccc3)c2c2ccccc12. The number of hydrogen-bond donors (Lipinski definition) is 0. The van der Waals surface area contributed by atoms with Gasteiger partial charge in [0.05, 0.1) is 10.9 Å². The van der Waals surface area contributed by atoms with Crippen LogP contribution >= 0.6 is 0 Å². The molecule has 0 N–H and O–H groups in total. The highest BCUT2D eigenvalue weighted by molar-refractivity contribution is 6.11. The van der Waals surface area contributed by atoms with Gasteiger partial charge in [0.2, 0.25) is 0 Å². The summed E-state index contributed by atoms with van der Waals surface area (Å²) in [5.74, 6) is 0.346. The van der Waals surface area contributed by atoms with Crippen molar-refractivity contribution in [3.05, 3.63) is 103 Å². The van der Waals surface area contributed by atoms with E-state index in [2.05, 4.69) is 16.7 Å². The molecule has 5 heteroatoms. The van der Waals surface area contributed by atoms with E-state index in [1.54, 1.807) is 6.07 Å². The predicted octanol–water partition coefficient (Wildman–Crippen LogP) is 7.59. The summed E-state index contributed by atoms with van der Waals surface area (Å²) in [6, 6.07) is 29.0. The lowest BCUT2D eigenvalue weighted by Gasteiger charge is -2.11. The summed E-state index contributed by atoms with van der Waals surface area (Å²) in [5, 5.41) is 3.36. The summed E-state index contributed by atoms with van der Waals surface area (Å²) < 4.78 is 23.3. The second-order valence-corrected chi connectivity index (χ2v) is 8.42. The Hall–Kier alpha value is -4.51. The van der Waals surface area contributed by atoms with Gasteiger partial charge in [0.1, 0.15) is 22.5 Å². The Balaban J connectivity index is 1.68. The third kappa shape index (κ3) is 2.58. The zero-order chi connectivity index (χ0) is 22.8. The second-order valence-electron chi connectivity index (χ2n) is 8.42. The topological polar surface area (TPSA) is 43.9 Å². The molecule has 4 aromatic carbocycles. The number of hydrogen-bond acceptors (Lipinski definition) is 3. The number of aromatic nitrogens is 3. The maximum absolute atomic E-state index is 15.0. The van der Waals surface area contributed by atoms with Crippen LogP contribution in [0.3, 0.4) is 0 Å². The summed E-state index contributed by atoms with van der Waals surface area (Å²) in [4.78, 5) is 9.83. The highest BCUT2D eigenvalue weighted by Crippen LogP contribution is 2.40. The Morgan fingerprint density at radius 1 is 0.735 bits per heavy atom. The van der Waals surface area contributed by atoms with Crippen molar-refractivity contribution in [1.82, 2.24) is 14.5 Å². The first-order chi connectivity index (χ1) is 16.7. The van der Waals surface area contributed by atoms with Crippen LogP contribution in [0.25, 0.3) is 61.0 Å². The molecule has 0 fully saturated rings. The molecule has 0 aliphatic heterocycles. The van der Waals surface area contributed by atoms with E-state index in [4.69, 9.17) is 14.4 Å². The minimum absolute atomic E-state index is 0.314. The van der Waals surface area contributed by atoms with Crippen molar-refractivity contribution in [1.29, 1.82) is 0 Å². The predicted molar refractivity (Wildman–Crippen MR) is 134 cm³/mol. The number of pyridine rings is 1. The van der Waals surface area contributed by atoms with Crippen molar-refractivity contribution < 1.29 is 8.81 Å². The van der Waals surface area contributed by atoms with Crippen molar-refractivity contribution >= 4 is 43.9 Å². The van der Waals surface area contributed by atoms with Gasteiger partial charge in [-0.05, 0) is 37.3 Å². The molecule has 3 aromatic heterocycles. The number of rotatable bonds is 2. The van der Waals surface area contributed by atoms with Gasteiger partial charge in [-0.1, -0.05) is 60.7 Å². The molecule has 4 nitrogen and oxygen atoms in total. The molecule has 0 aliphatic rings. The van der Waals surface area contributed by atoms with E-state index in [1.807, 2.05) is 73.7 Å². The summed E-state index contributed by atoms with van der Waals surface area (Å²) in [6.07, 6.45) is 0. The molecule has 162 valence electrons. The fourth-order valence-electron chi connectivity index (χ4n) is 4.93. The number of furan rings is 1. The van der Waals surface area contributed by atoms with E-state index >= 15 is 4.39 Å². The highest BCUT2D eigenvalue weighted by atomic mass is 19.1. The highest BCUT2D eigenvalue weighted by Gasteiger charge is 2.23. The maximum atomic E-state index is 15.0. The normalized spacial score (nSPS) is 11.8. The Morgan fingerprint density at radius 2 is 1.44 bits per heavy atom. The number of fused-ring (bicyclic) bond motifs is 6. The van der Waals surface area contributed by atoms with E-state index in [0.29, 0.717) is 28.0 Å². The summed E-state index contributed by atoms with van der Waals surface area (Å²) in [7, 11) is 0. The number of halogens is 1. The third-order valence-electron chi connectivity index (χ3n) is 6.44. The van der Waals surface area contributed by atoms with Crippen LogP contribution < -0.4 is 0 Å². The zero-order valence-electron chi connectivity index (χ0n) is 18.3. The Morgan fingerprint density at radius 3 is 2.26 bits per heavy atom. The van der Waals surface area contributed by atoms with Crippen LogP contribution in [0.1, 0.15) is 5.69 Å². The zero-order valence-corrected chi connectivity index (χ0v) is 18.3. The molecule has 3 heterocycles. The minimum atomic E-state index is -0.314. The molecule has 0 amide bonds. The molecule has 0 saturated heterocycles. The van der Waals surface area contributed by atoms with Crippen LogP contribution in [0.2, 0.25) is 0 Å². The molecule has 0 atom stereocenters. The molecule has 7 aromatic rings. The monoisotopic (exact) mass is 443 g/mol. The molecule has 0 unspecified atom stereocenters. The average molecular weight is 443 g/mol. The first-order valence-electron chi connectivity index (χ1n) is 11.1. The van der Waals surface area contributed by atoms with Crippen LogP contribution in [-0.4, -0.2) is 14.5 Å². The van der Waals surface area contributed by atoms with Crippen LogP contribution in [0, 0.1) is 12.7 Å². The smallest absolute Gasteiger partial charge is 0.179 e. The first-order valence-corrected chi connectivity index (χ1v) is 11.1. The van der Waals surface area contributed by atoms with Crippen molar-refractivity contribution in [2.24, 2.45) is 0 Å². The van der Waals surface area contributed by atoms with Crippen LogP contribution in [0.4, 0.5) is 4.39 Å². The molecule has 0 aliphatic carbocycles. The van der Waals surface area contributed by atoms with Crippen LogP contribution in [0.15, 0.2) is 95.4 Å². The van der Waals surface area contributed by atoms with E-state index in [0.717, 1.165) is 38.6 Å². The largest absolute Gasteiger partial charge is 0.455 e. The number of imidazole rings is 1. The minimum Gasteiger partial charge on any atom is -0.455 e. The first kappa shape index (κ1) is 19.0. The summed E-state index contributed by atoms with van der Waals surface area (Å²) in [6.45, 7) is 2.00. The standard InChI is InChI=1S/C29H18FN3O/c1-17-19-11-5-6-12-20(19)26-28(31-17)32-29(33(26)18-9-3-2-4-10-18)22-15-16-23(30)25-21-13-7-8-14-24(21)34-27(22)25/h2-16H,1H3. The number of para-hydroxylation sites is 2. The molecule has 0 saturated carbocycles. The fourth-order valence-corrected chi connectivity index (χ4v) is 4.93. The van der Waals surface area contributed by atoms with E-state index in [-0.39, 0.29) is 5.82 Å². The lowest BCUT2D eigenvalue weighted by Crippen LogP contribution is -1.99. The van der Waals surface area contributed by atoms with Gasteiger partial charge in [-0.3, -0.25) is 4.57 Å². The van der Waals surface area contributed by atoms with Gasteiger partial charge in [0, 0.05) is 27.5 Å². The van der Waals surface area contributed by atoms with Gasteiger partial charge < -0.3 is 4.42 Å². The van der Waals surface area contributed by atoms with Crippen LogP contribution in [-0.2, 0) is 0 Å². The van der Waals surface area contributed by atoms with Crippen molar-refractivity contribution in [2.45, 2.75) is 6.92 Å². The van der Waals surface area contributed by atoms with E-state index < -0.39 is 0 Å². The molecule has 0 spiro atoms. The summed E-state index contributed by atoms with van der Waals surface area (Å²) >= 11 is 0. The van der Waals surface area contributed by atoms with Gasteiger partial charge >= 0.3 is 0 Å². The van der Waals surface area contributed by atoms with Gasteiger partial charge in [0.15, 0.2) is 11.5 Å². The fraction of sp³-hybridized carbons (Fsp3) is 0.0345. The van der Waals surface area contributed by atoms with Gasteiger partial charge in [-0.25, -0.2) is 14.4 Å². The third-order valence-corrected chi connectivity index (χ3v) is 6.44. The Bertz CT molecular complexity index is 1880. The quantitative estimate of drug-likeness (QED) is 0.276. The van der Waals surface area contributed by atoms with E-state index in [9.17, 15) is 0 Å².